The number of hydrogen-bond acceptors (Lipinski definition) is 5. The maximum Gasteiger partial charge on any atom is 0.343 e. The summed E-state index contributed by atoms with van der Waals surface area (Å²) in [6, 6.07) is 10.6. The summed E-state index contributed by atoms with van der Waals surface area (Å²) in [4.78, 5) is 27.4. The normalized spacial score (nSPS) is 10.2. The second kappa shape index (κ2) is 7.40. The molecule has 0 aliphatic carbocycles. The number of carbonyl (C=O) groups is 2. The van der Waals surface area contributed by atoms with Crippen LogP contribution in [0.4, 0.5) is 0 Å². The Balaban J connectivity index is 2.39. The van der Waals surface area contributed by atoms with Crippen LogP contribution in [0.1, 0.15) is 38.9 Å². The topological polar surface area (TPSA) is 85.7 Å². The molecule has 0 saturated heterocycles. The Labute approximate surface area is 133 Å². The van der Waals surface area contributed by atoms with Crippen LogP contribution in [0.2, 0.25) is 0 Å². The van der Waals surface area contributed by atoms with E-state index in [-0.39, 0.29) is 23.6 Å². The lowest BCUT2D eigenvalue weighted by molar-refractivity contribution is 0.0594. The summed E-state index contributed by atoms with van der Waals surface area (Å²) in [7, 11) is 1.22. The maximum absolute atomic E-state index is 11.9. The van der Waals surface area contributed by atoms with E-state index in [9.17, 15) is 14.7 Å². The maximum atomic E-state index is 11.9. The Bertz CT molecular complexity index is 712. The molecule has 0 amide bonds. The predicted molar refractivity (Wildman–Crippen MR) is 82.7 cm³/mol. The molecular weight excluding hydrogens is 298 g/mol. The Morgan fingerprint density at radius 2 is 1.87 bits per heavy atom. The van der Waals surface area contributed by atoms with E-state index in [1.54, 1.807) is 6.92 Å². The van der Waals surface area contributed by atoms with E-state index in [1.165, 1.54) is 13.2 Å². The van der Waals surface area contributed by atoms with Crippen LogP contribution in [0, 0.1) is 0 Å². The van der Waals surface area contributed by atoms with Crippen molar-refractivity contribution in [3.8, 4) is 5.88 Å². The van der Waals surface area contributed by atoms with Gasteiger partial charge in [0.25, 0.3) is 0 Å². The highest BCUT2D eigenvalue weighted by atomic mass is 16.5. The molecule has 0 aliphatic rings. The highest BCUT2D eigenvalue weighted by Gasteiger charge is 2.21. The molecule has 23 heavy (non-hydrogen) atoms. The number of carbonyl (C=O) groups excluding carboxylic acids is 1. The minimum absolute atomic E-state index is 0.00182. The average Bonchev–Trinajstić information content (AvgIpc) is 2.59. The van der Waals surface area contributed by atoms with Gasteiger partial charge in [-0.2, -0.15) is 0 Å². The fourth-order valence-electron chi connectivity index (χ4n) is 2.08. The van der Waals surface area contributed by atoms with Crippen molar-refractivity contribution in [2.75, 3.05) is 7.11 Å². The summed E-state index contributed by atoms with van der Waals surface area (Å²) in [5, 5.41) is 9.24. The van der Waals surface area contributed by atoms with Gasteiger partial charge >= 0.3 is 11.9 Å². The monoisotopic (exact) mass is 315 g/mol. The van der Waals surface area contributed by atoms with Crippen molar-refractivity contribution in [3.05, 3.63) is 58.8 Å². The third-order valence-electron chi connectivity index (χ3n) is 3.26. The van der Waals surface area contributed by atoms with Gasteiger partial charge in [0.1, 0.15) is 12.2 Å². The average molecular weight is 315 g/mol. The van der Waals surface area contributed by atoms with E-state index in [1.807, 2.05) is 30.3 Å². The van der Waals surface area contributed by atoms with Gasteiger partial charge in [0.05, 0.1) is 18.4 Å². The number of carboxylic acids is 1. The number of ether oxygens (including phenoxy) is 2. The van der Waals surface area contributed by atoms with Gasteiger partial charge in [-0.1, -0.05) is 37.3 Å². The summed E-state index contributed by atoms with van der Waals surface area (Å²) in [5.41, 5.74) is 1.23. The van der Waals surface area contributed by atoms with E-state index in [0.29, 0.717) is 12.1 Å². The van der Waals surface area contributed by atoms with Crippen LogP contribution >= 0.6 is 0 Å². The van der Waals surface area contributed by atoms with Crippen LogP contribution < -0.4 is 4.74 Å². The van der Waals surface area contributed by atoms with E-state index in [2.05, 4.69) is 9.72 Å². The summed E-state index contributed by atoms with van der Waals surface area (Å²) >= 11 is 0. The van der Waals surface area contributed by atoms with Crippen molar-refractivity contribution in [1.29, 1.82) is 0 Å². The fraction of sp³-hybridized carbons (Fsp3) is 0.235. The SMILES string of the molecule is CCc1nc(OCc2ccccc2)c(C(=O)OC)cc1C(=O)O. The number of nitrogens with zero attached hydrogens (tertiary/aromatic N) is 1. The first-order valence-corrected chi connectivity index (χ1v) is 7.09. The van der Waals surface area contributed by atoms with Gasteiger partial charge in [-0.3, -0.25) is 0 Å². The molecular formula is C17H17NO5. The highest BCUT2D eigenvalue weighted by Crippen LogP contribution is 2.22. The predicted octanol–water partition coefficient (Wildman–Crippen LogP) is 2.71. The molecule has 0 aliphatic heterocycles. The first-order chi connectivity index (χ1) is 11.1. The molecule has 1 heterocycles. The molecule has 0 bridgehead atoms. The molecule has 0 fully saturated rings. The molecule has 1 aromatic heterocycles. The first kappa shape index (κ1) is 16.5. The third-order valence-corrected chi connectivity index (χ3v) is 3.26. The van der Waals surface area contributed by atoms with Crippen molar-refractivity contribution >= 4 is 11.9 Å². The Morgan fingerprint density at radius 3 is 2.43 bits per heavy atom. The fourth-order valence-corrected chi connectivity index (χ4v) is 2.08. The third kappa shape index (κ3) is 3.85. The molecule has 0 radical (unpaired) electrons. The van der Waals surface area contributed by atoms with Gasteiger partial charge in [0, 0.05) is 0 Å². The van der Waals surface area contributed by atoms with Crippen molar-refractivity contribution < 1.29 is 24.2 Å². The number of aromatic carboxylic acids is 1. The summed E-state index contributed by atoms with van der Waals surface area (Å²) in [6.45, 7) is 2.00. The molecule has 6 nitrogen and oxygen atoms in total. The second-order valence-corrected chi connectivity index (χ2v) is 4.76. The minimum atomic E-state index is -1.14. The number of pyridine rings is 1. The highest BCUT2D eigenvalue weighted by molar-refractivity contribution is 5.96. The molecule has 120 valence electrons. The van der Waals surface area contributed by atoms with Gasteiger partial charge in [-0.05, 0) is 18.1 Å². The quantitative estimate of drug-likeness (QED) is 0.825. The standard InChI is InChI=1S/C17H17NO5/c1-3-14-12(16(19)20)9-13(17(21)22-2)15(18-14)23-10-11-7-5-4-6-8-11/h4-9H,3,10H2,1-2H3,(H,19,20). The van der Waals surface area contributed by atoms with Crippen molar-refractivity contribution in [3.63, 3.8) is 0 Å². The molecule has 2 rings (SSSR count). The largest absolute Gasteiger partial charge is 0.478 e. The summed E-state index contributed by atoms with van der Waals surface area (Å²) < 4.78 is 10.3. The first-order valence-electron chi connectivity index (χ1n) is 7.09. The molecule has 0 spiro atoms. The number of benzene rings is 1. The van der Waals surface area contributed by atoms with Crippen molar-refractivity contribution in [1.82, 2.24) is 4.98 Å². The van der Waals surface area contributed by atoms with Crippen molar-refractivity contribution in [2.45, 2.75) is 20.0 Å². The minimum Gasteiger partial charge on any atom is -0.478 e. The second-order valence-electron chi connectivity index (χ2n) is 4.76. The zero-order valence-corrected chi connectivity index (χ0v) is 12.9. The summed E-state index contributed by atoms with van der Waals surface area (Å²) in [5.74, 6) is -1.76. The van der Waals surface area contributed by atoms with Crippen LogP contribution in [-0.2, 0) is 17.8 Å². The van der Waals surface area contributed by atoms with Crippen LogP contribution in [0.15, 0.2) is 36.4 Å². The van der Waals surface area contributed by atoms with Gasteiger partial charge in [0.2, 0.25) is 5.88 Å². The Morgan fingerprint density at radius 1 is 1.17 bits per heavy atom. The van der Waals surface area contributed by atoms with E-state index >= 15 is 0 Å². The zero-order chi connectivity index (χ0) is 16.8. The van der Waals surface area contributed by atoms with E-state index in [0.717, 1.165) is 5.56 Å². The lowest BCUT2D eigenvalue weighted by Gasteiger charge is -2.12. The molecule has 0 unspecified atom stereocenters. The smallest absolute Gasteiger partial charge is 0.343 e. The number of hydrogen-bond donors (Lipinski definition) is 1. The van der Waals surface area contributed by atoms with Gasteiger partial charge in [-0.15, -0.1) is 0 Å². The molecule has 1 aromatic carbocycles. The number of carboxylic acid groups (broad SMARTS) is 1. The van der Waals surface area contributed by atoms with Gasteiger partial charge in [-0.25, -0.2) is 14.6 Å². The Hall–Kier alpha value is -2.89. The lowest BCUT2D eigenvalue weighted by atomic mass is 10.1. The number of esters is 1. The van der Waals surface area contributed by atoms with Crippen LogP contribution in [0.25, 0.3) is 0 Å². The molecule has 0 atom stereocenters. The van der Waals surface area contributed by atoms with E-state index in [4.69, 9.17) is 4.74 Å². The van der Waals surface area contributed by atoms with Gasteiger partial charge in [0.15, 0.2) is 0 Å². The van der Waals surface area contributed by atoms with Gasteiger partial charge < -0.3 is 14.6 Å². The Kier molecular flexibility index (Phi) is 5.30. The summed E-state index contributed by atoms with van der Waals surface area (Å²) in [6.07, 6.45) is 0.408. The number of rotatable bonds is 6. The molecule has 0 saturated carbocycles. The molecule has 2 aromatic rings. The van der Waals surface area contributed by atoms with Crippen molar-refractivity contribution in [2.24, 2.45) is 0 Å². The number of aromatic nitrogens is 1. The van der Waals surface area contributed by atoms with Crippen LogP contribution in [0.5, 0.6) is 5.88 Å². The number of methoxy groups -OCH3 is 1. The molecule has 1 N–H and O–H groups in total. The number of aryl methyl sites for hydroxylation is 1. The lowest BCUT2D eigenvalue weighted by Crippen LogP contribution is -2.13. The van der Waals surface area contributed by atoms with Crippen LogP contribution in [-0.4, -0.2) is 29.1 Å². The zero-order valence-electron chi connectivity index (χ0n) is 12.9. The van der Waals surface area contributed by atoms with Crippen LogP contribution in [0.3, 0.4) is 0 Å². The molecule has 6 heteroatoms. The van der Waals surface area contributed by atoms with E-state index < -0.39 is 11.9 Å².